The van der Waals surface area contributed by atoms with Crippen molar-refractivity contribution in [2.45, 2.75) is 32.4 Å². The van der Waals surface area contributed by atoms with Gasteiger partial charge in [0.2, 0.25) is 0 Å². The molecule has 0 spiro atoms. The van der Waals surface area contributed by atoms with Gasteiger partial charge in [0.15, 0.2) is 0 Å². The summed E-state index contributed by atoms with van der Waals surface area (Å²) in [5, 5.41) is 12.3. The molecule has 2 rings (SSSR count). The first-order valence-electron chi connectivity index (χ1n) is 8.12. The zero-order valence-corrected chi connectivity index (χ0v) is 14.4. The quantitative estimate of drug-likeness (QED) is 0.857. The van der Waals surface area contributed by atoms with Crippen LogP contribution in [-0.4, -0.2) is 40.7 Å². The Bertz CT molecular complexity index is 643. The van der Waals surface area contributed by atoms with Crippen molar-refractivity contribution in [3.8, 4) is 0 Å². The van der Waals surface area contributed by atoms with Crippen molar-refractivity contribution in [3.63, 3.8) is 0 Å². The molecule has 2 unspecified atom stereocenters. The fourth-order valence-electron chi connectivity index (χ4n) is 2.35. The van der Waals surface area contributed by atoms with Crippen LogP contribution in [0, 0.1) is 6.92 Å². The molecule has 0 aliphatic heterocycles. The summed E-state index contributed by atoms with van der Waals surface area (Å²) in [5.41, 5.74) is 3.15. The number of aryl methyl sites for hydroxylation is 1. The number of pyridine rings is 1. The molecule has 1 heterocycles. The lowest BCUT2D eigenvalue weighted by molar-refractivity contribution is 0.154. The largest absolute Gasteiger partial charge is 0.394 e. The summed E-state index contributed by atoms with van der Waals surface area (Å²) in [4.78, 5) is 18.3. The molecule has 0 bridgehead atoms. The van der Waals surface area contributed by atoms with E-state index < -0.39 is 0 Å². The SMILES string of the molecule is Cc1ccc(CC(NC(=O)N(C)C(C)CO)c2ccccn2)cc1. The van der Waals surface area contributed by atoms with Crippen molar-refractivity contribution >= 4 is 6.03 Å². The van der Waals surface area contributed by atoms with Gasteiger partial charge in [-0.15, -0.1) is 0 Å². The minimum Gasteiger partial charge on any atom is -0.394 e. The van der Waals surface area contributed by atoms with Crippen LogP contribution in [0.25, 0.3) is 0 Å². The molecule has 2 atom stereocenters. The second kappa shape index (κ2) is 8.45. The minimum absolute atomic E-state index is 0.0733. The van der Waals surface area contributed by atoms with Crippen molar-refractivity contribution in [3.05, 3.63) is 65.5 Å². The average molecular weight is 327 g/mol. The summed E-state index contributed by atoms with van der Waals surface area (Å²) < 4.78 is 0. The molecule has 128 valence electrons. The molecule has 1 aromatic carbocycles. The second-order valence-electron chi connectivity index (χ2n) is 6.09. The summed E-state index contributed by atoms with van der Waals surface area (Å²) in [5.74, 6) is 0. The smallest absolute Gasteiger partial charge is 0.318 e. The van der Waals surface area contributed by atoms with Gasteiger partial charge in [-0.2, -0.15) is 0 Å². The number of aromatic nitrogens is 1. The Morgan fingerprint density at radius 3 is 2.54 bits per heavy atom. The van der Waals surface area contributed by atoms with Gasteiger partial charge < -0.3 is 15.3 Å². The van der Waals surface area contributed by atoms with E-state index in [-0.39, 0.29) is 24.7 Å². The Morgan fingerprint density at radius 2 is 1.96 bits per heavy atom. The van der Waals surface area contributed by atoms with Crippen LogP contribution >= 0.6 is 0 Å². The van der Waals surface area contributed by atoms with Gasteiger partial charge in [0.05, 0.1) is 24.4 Å². The number of carbonyl (C=O) groups excluding carboxylic acids is 1. The first kappa shape index (κ1) is 17.9. The normalized spacial score (nSPS) is 13.2. The van der Waals surface area contributed by atoms with Crippen molar-refractivity contribution in [1.29, 1.82) is 0 Å². The Morgan fingerprint density at radius 1 is 1.25 bits per heavy atom. The van der Waals surface area contributed by atoms with E-state index in [0.29, 0.717) is 6.42 Å². The molecular weight excluding hydrogens is 302 g/mol. The molecule has 2 amide bonds. The number of amides is 2. The minimum atomic E-state index is -0.242. The number of nitrogens with one attached hydrogen (secondary N) is 1. The number of carbonyl (C=O) groups is 1. The number of aliphatic hydroxyl groups excluding tert-OH is 1. The van der Waals surface area contributed by atoms with Crippen LogP contribution in [0.3, 0.4) is 0 Å². The molecule has 0 aliphatic carbocycles. The van der Waals surface area contributed by atoms with E-state index in [1.165, 1.54) is 10.5 Å². The molecule has 0 fully saturated rings. The maximum atomic E-state index is 12.4. The molecule has 5 nitrogen and oxygen atoms in total. The van der Waals surface area contributed by atoms with Crippen molar-refractivity contribution in [2.24, 2.45) is 0 Å². The van der Waals surface area contributed by atoms with E-state index in [4.69, 9.17) is 0 Å². The highest BCUT2D eigenvalue weighted by Crippen LogP contribution is 2.17. The fourth-order valence-corrected chi connectivity index (χ4v) is 2.35. The molecule has 2 N–H and O–H groups in total. The van der Waals surface area contributed by atoms with Gasteiger partial charge in [-0.1, -0.05) is 35.9 Å². The van der Waals surface area contributed by atoms with E-state index in [1.54, 1.807) is 20.2 Å². The maximum Gasteiger partial charge on any atom is 0.318 e. The third-order valence-corrected chi connectivity index (χ3v) is 4.15. The van der Waals surface area contributed by atoms with E-state index in [2.05, 4.69) is 34.6 Å². The first-order valence-corrected chi connectivity index (χ1v) is 8.12. The Kier molecular flexibility index (Phi) is 6.32. The summed E-state index contributed by atoms with van der Waals surface area (Å²) >= 11 is 0. The Labute approximate surface area is 143 Å². The second-order valence-corrected chi connectivity index (χ2v) is 6.09. The molecular formula is C19H25N3O2. The number of aliphatic hydroxyl groups is 1. The van der Waals surface area contributed by atoms with Crippen LogP contribution in [0.1, 0.15) is 29.8 Å². The van der Waals surface area contributed by atoms with Crippen LogP contribution in [0.5, 0.6) is 0 Å². The van der Waals surface area contributed by atoms with Gasteiger partial charge in [-0.25, -0.2) is 4.79 Å². The Balaban J connectivity index is 2.17. The summed E-state index contributed by atoms with van der Waals surface area (Å²) in [6, 6.07) is 13.2. The first-order chi connectivity index (χ1) is 11.5. The van der Waals surface area contributed by atoms with Crippen LogP contribution in [-0.2, 0) is 6.42 Å². The predicted octanol–water partition coefficient (Wildman–Crippen LogP) is 2.70. The average Bonchev–Trinajstić information content (AvgIpc) is 2.62. The predicted molar refractivity (Wildman–Crippen MR) is 94.7 cm³/mol. The van der Waals surface area contributed by atoms with Gasteiger partial charge in [0.1, 0.15) is 0 Å². The third-order valence-electron chi connectivity index (χ3n) is 4.15. The maximum absolute atomic E-state index is 12.4. The highest BCUT2D eigenvalue weighted by molar-refractivity contribution is 5.74. The van der Waals surface area contributed by atoms with Gasteiger partial charge in [0, 0.05) is 13.2 Å². The lowest BCUT2D eigenvalue weighted by atomic mass is 10.0. The Hall–Kier alpha value is -2.40. The molecule has 5 heteroatoms. The van der Waals surface area contributed by atoms with Crippen LogP contribution in [0.15, 0.2) is 48.7 Å². The number of likely N-dealkylation sites (N-methyl/N-ethyl adjacent to an activating group) is 1. The summed E-state index contributed by atoms with van der Waals surface area (Å²) in [6.07, 6.45) is 2.38. The van der Waals surface area contributed by atoms with Crippen molar-refractivity contribution < 1.29 is 9.90 Å². The van der Waals surface area contributed by atoms with Crippen molar-refractivity contribution in [1.82, 2.24) is 15.2 Å². The molecule has 2 aromatic rings. The molecule has 0 saturated carbocycles. The number of rotatable bonds is 6. The number of hydrogen-bond donors (Lipinski definition) is 2. The van der Waals surface area contributed by atoms with Crippen LogP contribution in [0.2, 0.25) is 0 Å². The molecule has 1 aromatic heterocycles. The standard InChI is InChI=1S/C19H25N3O2/c1-14-7-9-16(10-8-14)12-18(17-6-4-5-11-20-17)21-19(24)22(3)15(2)13-23/h4-11,15,18,23H,12-13H2,1-3H3,(H,21,24). The third kappa shape index (κ3) is 4.80. The zero-order valence-electron chi connectivity index (χ0n) is 14.4. The van der Waals surface area contributed by atoms with Gasteiger partial charge in [-0.05, 0) is 38.0 Å². The number of nitrogens with zero attached hydrogens (tertiary/aromatic N) is 2. The highest BCUT2D eigenvalue weighted by Gasteiger charge is 2.21. The molecule has 0 radical (unpaired) electrons. The van der Waals surface area contributed by atoms with E-state index >= 15 is 0 Å². The topological polar surface area (TPSA) is 65.5 Å². The summed E-state index contributed by atoms with van der Waals surface area (Å²) in [6.45, 7) is 3.78. The molecule has 0 aliphatic rings. The highest BCUT2D eigenvalue weighted by atomic mass is 16.3. The van der Waals surface area contributed by atoms with Gasteiger partial charge >= 0.3 is 6.03 Å². The number of urea groups is 1. The van der Waals surface area contributed by atoms with Gasteiger partial charge in [-0.3, -0.25) is 4.98 Å². The van der Waals surface area contributed by atoms with Gasteiger partial charge in [0.25, 0.3) is 0 Å². The van der Waals surface area contributed by atoms with E-state index in [9.17, 15) is 9.90 Å². The monoisotopic (exact) mass is 327 g/mol. The van der Waals surface area contributed by atoms with Crippen molar-refractivity contribution in [2.75, 3.05) is 13.7 Å². The summed E-state index contributed by atoms with van der Waals surface area (Å²) in [7, 11) is 1.68. The fraction of sp³-hybridized carbons (Fsp3) is 0.368. The van der Waals surface area contributed by atoms with E-state index in [1.807, 2.05) is 25.1 Å². The number of hydrogen-bond acceptors (Lipinski definition) is 3. The van der Waals surface area contributed by atoms with E-state index in [0.717, 1.165) is 11.3 Å². The molecule has 24 heavy (non-hydrogen) atoms. The van der Waals surface area contributed by atoms with Crippen LogP contribution in [0.4, 0.5) is 4.79 Å². The lowest BCUT2D eigenvalue weighted by Crippen LogP contribution is -2.45. The zero-order chi connectivity index (χ0) is 17.5. The van der Waals surface area contributed by atoms with Crippen LogP contribution < -0.4 is 5.32 Å². The lowest BCUT2D eigenvalue weighted by Gasteiger charge is -2.27. The number of benzene rings is 1. The molecule has 0 saturated heterocycles.